The Hall–Kier alpha value is -0.870. The quantitative estimate of drug-likeness (QED) is 0.863. The van der Waals surface area contributed by atoms with Gasteiger partial charge in [0.25, 0.3) is 0 Å². The third kappa shape index (κ3) is 4.10. The molecule has 0 bridgehead atoms. The number of nitrogens with two attached hydrogens (primary N) is 1. The number of aryl methyl sites for hydroxylation is 1. The molecule has 18 heavy (non-hydrogen) atoms. The molecule has 0 aliphatic carbocycles. The van der Waals surface area contributed by atoms with Crippen molar-refractivity contribution in [1.82, 2.24) is 0 Å². The fourth-order valence-corrected chi connectivity index (χ4v) is 2.81. The lowest BCUT2D eigenvalue weighted by Crippen LogP contribution is -2.14. The van der Waals surface area contributed by atoms with Crippen LogP contribution in [-0.2, 0) is 16.3 Å². The minimum Gasteiger partial charge on any atom is -0.328 e. The molecule has 0 saturated heterocycles. The van der Waals surface area contributed by atoms with Crippen LogP contribution in [0.5, 0.6) is 0 Å². The van der Waals surface area contributed by atoms with Crippen molar-refractivity contribution in [1.29, 1.82) is 0 Å². The fraction of sp³-hybridized carbons (Fsp3) is 0.571. The largest absolute Gasteiger partial charge is 0.328 e. The summed E-state index contributed by atoms with van der Waals surface area (Å²) in [6.07, 6.45) is 2.98. The van der Waals surface area contributed by atoms with Crippen LogP contribution in [0.15, 0.2) is 29.2 Å². The normalized spacial score (nSPS) is 13.8. The lowest BCUT2D eigenvalue weighted by Gasteiger charge is -2.09. The van der Waals surface area contributed by atoms with Gasteiger partial charge in [-0.2, -0.15) is 0 Å². The average Bonchev–Trinajstić information content (AvgIpc) is 2.29. The van der Waals surface area contributed by atoms with E-state index < -0.39 is 9.84 Å². The summed E-state index contributed by atoms with van der Waals surface area (Å²) in [6.45, 7) is 5.40. The second-order valence-electron chi connectivity index (χ2n) is 5.11. The van der Waals surface area contributed by atoms with Gasteiger partial charge in [0, 0.05) is 6.04 Å². The van der Waals surface area contributed by atoms with Gasteiger partial charge < -0.3 is 5.73 Å². The second kappa shape index (κ2) is 6.34. The molecule has 4 heteroatoms. The summed E-state index contributed by atoms with van der Waals surface area (Å²) >= 11 is 0. The van der Waals surface area contributed by atoms with E-state index in [0.717, 1.165) is 19.3 Å². The van der Waals surface area contributed by atoms with E-state index in [-0.39, 0.29) is 11.3 Å². The molecular formula is C14H23NO2S. The SMILES string of the molecule is CC(N)CCCc1ccc(S(=O)(=O)C(C)C)cc1. The summed E-state index contributed by atoms with van der Waals surface area (Å²) in [7, 11) is -3.15. The van der Waals surface area contributed by atoms with E-state index >= 15 is 0 Å². The summed E-state index contributed by atoms with van der Waals surface area (Å²) in [5.41, 5.74) is 6.86. The smallest absolute Gasteiger partial charge is 0.180 e. The molecule has 3 nitrogen and oxygen atoms in total. The molecular weight excluding hydrogens is 246 g/mol. The van der Waals surface area contributed by atoms with E-state index in [0.29, 0.717) is 4.90 Å². The van der Waals surface area contributed by atoms with Gasteiger partial charge in [-0.3, -0.25) is 0 Å². The van der Waals surface area contributed by atoms with Crippen molar-refractivity contribution in [2.45, 2.75) is 56.2 Å². The van der Waals surface area contributed by atoms with Crippen molar-refractivity contribution in [3.63, 3.8) is 0 Å². The third-order valence-corrected chi connectivity index (χ3v) is 5.17. The maximum atomic E-state index is 11.9. The van der Waals surface area contributed by atoms with Crippen molar-refractivity contribution < 1.29 is 8.42 Å². The van der Waals surface area contributed by atoms with Gasteiger partial charge in [0.2, 0.25) is 0 Å². The lowest BCUT2D eigenvalue weighted by atomic mass is 10.1. The van der Waals surface area contributed by atoms with E-state index in [1.807, 2.05) is 19.1 Å². The molecule has 0 saturated carbocycles. The van der Waals surface area contributed by atoms with Gasteiger partial charge in [0.1, 0.15) is 0 Å². The zero-order chi connectivity index (χ0) is 13.8. The van der Waals surface area contributed by atoms with Crippen LogP contribution in [-0.4, -0.2) is 19.7 Å². The first-order valence-corrected chi connectivity index (χ1v) is 7.97. The van der Waals surface area contributed by atoms with Crippen LogP contribution >= 0.6 is 0 Å². The first-order chi connectivity index (χ1) is 8.34. The number of hydrogen-bond acceptors (Lipinski definition) is 3. The molecule has 1 atom stereocenters. The first-order valence-electron chi connectivity index (χ1n) is 6.42. The first kappa shape index (κ1) is 15.2. The van der Waals surface area contributed by atoms with Gasteiger partial charge in [-0.25, -0.2) is 8.42 Å². The molecule has 0 aliphatic heterocycles. The Morgan fingerprint density at radius 1 is 1.11 bits per heavy atom. The predicted octanol–water partition coefficient (Wildman–Crippen LogP) is 2.54. The maximum absolute atomic E-state index is 11.9. The zero-order valence-corrected chi connectivity index (χ0v) is 12.2. The Morgan fingerprint density at radius 3 is 2.11 bits per heavy atom. The van der Waals surface area contributed by atoms with E-state index in [1.54, 1.807) is 26.0 Å². The summed E-state index contributed by atoms with van der Waals surface area (Å²) in [5.74, 6) is 0. The van der Waals surface area contributed by atoms with E-state index in [1.165, 1.54) is 5.56 Å². The summed E-state index contributed by atoms with van der Waals surface area (Å²) < 4.78 is 23.9. The fourth-order valence-electron chi connectivity index (χ4n) is 1.75. The highest BCUT2D eigenvalue weighted by molar-refractivity contribution is 7.92. The average molecular weight is 269 g/mol. The Labute approximate surface area is 110 Å². The molecule has 1 aromatic carbocycles. The van der Waals surface area contributed by atoms with Crippen LogP contribution in [0.4, 0.5) is 0 Å². The van der Waals surface area contributed by atoms with Gasteiger partial charge in [-0.1, -0.05) is 12.1 Å². The monoisotopic (exact) mass is 269 g/mol. The van der Waals surface area contributed by atoms with Gasteiger partial charge in [0.05, 0.1) is 10.1 Å². The summed E-state index contributed by atoms with van der Waals surface area (Å²) in [6, 6.07) is 7.44. The molecule has 0 amide bonds. The standard InChI is InChI=1S/C14H23NO2S/c1-11(2)18(16,17)14-9-7-13(8-10-14)6-4-5-12(3)15/h7-12H,4-6,15H2,1-3H3. The van der Waals surface area contributed by atoms with Crippen molar-refractivity contribution in [3.8, 4) is 0 Å². The molecule has 1 rings (SSSR count). The summed E-state index contributed by atoms with van der Waals surface area (Å²) in [5, 5.41) is -0.374. The second-order valence-corrected chi connectivity index (χ2v) is 7.61. The summed E-state index contributed by atoms with van der Waals surface area (Å²) in [4.78, 5) is 0.411. The van der Waals surface area contributed by atoms with Crippen LogP contribution in [0, 0.1) is 0 Å². The molecule has 0 fully saturated rings. The number of sulfone groups is 1. The van der Waals surface area contributed by atoms with Crippen LogP contribution in [0.2, 0.25) is 0 Å². The van der Waals surface area contributed by atoms with Gasteiger partial charge in [-0.15, -0.1) is 0 Å². The van der Waals surface area contributed by atoms with Gasteiger partial charge in [0.15, 0.2) is 9.84 Å². The van der Waals surface area contributed by atoms with E-state index in [2.05, 4.69) is 0 Å². The van der Waals surface area contributed by atoms with Crippen LogP contribution < -0.4 is 5.73 Å². The Morgan fingerprint density at radius 2 is 1.67 bits per heavy atom. The number of rotatable bonds is 6. The Bertz CT molecular complexity index is 461. The molecule has 1 aromatic rings. The number of benzene rings is 1. The minimum absolute atomic E-state index is 0.227. The van der Waals surface area contributed by atoms with E-state index in [9.17, 15) is 8.42 Å². The molecule has 0 aliphatic rings. The Balaban J connectivity index is 2.69. The highest BCUT2D eigenvalue weighted by Crippen LogP contribution is 2.17. The molecule has 0 spiro atoms. The van der Waals surface area contributed by atoms with Crippen LogP contribution in [0.3, 0.4) is 0 Å². The highest BCUT2D eigenvalue weighted by Gasteiger charge is 2.18. The van der Waals surface area contributed by atoms with E-state index in [4.69, 9.17) is 5.73 Å². The minimum atomic E-state index is -3.15. The zero-order valence-electron chi connectivity index (χ0n) is 11.4. The van der Waals surface area contributed by atoms with Gasteiger partial charge in [-0.05, 0) is 57.7 Å². The topological polar surface area (TPSA) is 60.2 Å². The van der Waals surface area contributed by atoms with Crippen molar-refractivity contribution in [3.05, 3.63) is 29.8 Å². The Kier molecular flexibility index (Phi) is 5.35. The maximum Gasteiger partial charge on any atom is 0.180 e. The molecule has 2 N–H and O–H groups in total. The lowest BCUT2D eigenvalue weighted by molar-refractivity contribution is 0.587. The van der Waals surface area contributed by atoms with Crippen LogP contribution in [0.25, 0.3) is 0 Å². The predicted molar refractivity (Wildman–Crippen MR) is 75.4 cm³/mol. The van der Waals surface area contributed by atoms with Crippen LogP contribution in [0.1, 0.15) is 39.2 Å². The van der Waals surface area contributed by atoms with Gasteiger partial charge >= 0.3 is 0 Å². The molecule has 1 unspecified atom stereocenters. The molecule has 102 valence electrons. The van der Waals surface area contributed by atoms with Crippen molar-refractivity contribution >= 4 is 9.84 Å². The molecule has 0 aromatic heterocycles. The molecule has 0 heterocycles. The van der Waals surface area contributed by atoms with Crippen molar-refractivity contribution in [2.24, 2.45) is 5.73 Å². The number of hydrogen-bond donors (Lipinski definition) is 1. The van der Waals surface area contributed by atoms with Crippen molar-refractivity contribution in [2.75, 3.05) is 0 Å². The highest BCUT2D eigenvalue weighted by atomic mass is 32.2. The molecule has 0 radical (unpaired) electrons. The third-order valence-electron chi connectivity index (χ3n) is 3.00.